The Kier molecular flexibility index (Phi) is 6.95. The van der Waals surface area contributed by atoms with Crippen LogP contribution in [0, 0.1) is 27.3 Å². The van der Waals surface area contributed by atoms with Crippen molar-refractivity contribution in [2.45, 2.75) is 6.92 Å². The van der Waals surface area contributed by atoms with Gasteiger partial charge < -0.3 is 14.5 Å². The van der Waals surface area contributed by atoms with E-state index in [1.807, 2.05) is 0 Å². The van der Waals surface area contributed by atoms with Crippen LogP contribution in [-0.2, 0) is 9.53 Å². The summed E-state index contributed by atoms with van der Waals surface area (Å²) in [6.07, 6.45) is 1.15. The fourth-order valence-electron chi connectivity index (χ4n) is 2.77. The van der Waals surface area contributed by atoms with Gasteiger partial charge in [0.2, 0.25) is 0 Å². The molecule has 0 saturated carbocycles. The normalized spacial score (nSPS) is 10.9. The maximum atomic E-state index is 13.9. The molecule has 0 spiro atoms. The Bertz CT molecular complexity index is 1290. The highest BCUT2D eigenvalue weighted by atomic mass is 19.1. The van der Waals surface area contributed by atoms with Crippen molar-refractivity contribution in [3.63, 3.8) is 0 Å². The minimum Gasteiger partial charge on any atom is -0.462 e. The number of nitrogens with one attached hydrogen (secondary N) is 1. The second-order valence-electron chi connectivity index (χ2n) is 6.55. The van der Waals surface area contributed by atoms with Crippen LogP contribution in [0.1, 0.15) is 23.0 Å². The third kappa shape index (κ3) is 5.48. The van der Waals surface area contributed by atoms with E-state index in [1.54, 1.807) is 43.3 Å². The van der Waals surface area contributed by atoms with Crippen LogP contribution in [0.4, 0.5) is 15.8 Å². The van der Waals surface area contributed by atoms with E-state index in [0.29, 0.717) is 16.9 Å². The molecule has 0 saturated heterocycles. The van der Waals surface area contributed by atoms with E-state index >= 15 is 0 Å². The van der Waals surface area contributed by atoms with Gasteiger partial charge in [0.25, 0.3) is 11.6 Å². The second kappa shape index (κ2) is 10.0. The van der Waals surface area contributed by atoms with Crippen LogP contribution in [0.2, 0.25) is 0 Å². The molecule has 2 aromatic carbocycles. The molecule has 3 aromatic rings. The summed E-state index contributed by atoms with van der Waals surface area (Å²) in [6.45, 7) is 1.97. The average molecular weight is 449 g/mol. The van der Waals surface area contributed by atoms with Crippen LogP contribution in [0.3, 0.4) is 0 Å². The van der Waals surface area contributed by atoms with Gasteiger partial charge in [0.05, 0.1) is 22.8 Å². The van der Waals surface area contributed by atoms with Crippen LogP contribution < -0.4 is 5.32 Å². The first kappa shape index (κ1) is 22.9. The van der Waals surface area contributed by atoms with Gasteiger partial charge in [-0.3, -0.25) is 14.9 Å². The number of nitriles is 1. The van der Waals surface area contributed by atoms with Gasteiger partial charge in [-0.15, -0.1) is 0 Å². The van der Waals surface area contributed by atoms with Gasteiger partial charge in [0, 0.05) is 23.8 Å². The summed E-state index contributed by atoms with van der Waals surface area (Å²) in [6, 6.07) is 13.9. The van der Waals surface area contributed by atoms with Crippen molar-refractivity contribution in [1.82, 2.24) is 0 Å². The Balaban J connectivity index is 1.78. The Morgan fingerprint density at radius 3 is 2.58 bits per heavy atom. The lowest BCUT2D eigenvalue weighted by molar-refractivity contribution is -0.384. The topological polar surface area (TPSA) is 135 Å². The minimum absolute atomic E-state index is 0.172. The first-order valence-corrected chi connectivity index (χ1v) is 9.57. The summed E-state index contributed by atoms with van der Waals surface area (Å²) in [7, 11) is 0. The molecule has 10 heteroatoms. The minimum atomic E-state index is -0.964. The lowest BCUT2D eigenvalue weighted by atomic mass is 10.1. The number of hydrogen-bond acceptors (Lipinski definition) is 7. The molecule has 166 valence electrons. The number of nitrogens with zero attached hydrogens (tertiary/aromatic N) is 2. The highest BCUT2D eigenvalue weighted by Crippen LogP contribution is 2.25. The Morgan fingerprint density at radius 2 is 1.94 bits per heavy atom. The molecule has 0 fully saturated rings. The Morgan fingerprint density at radius 1 is 1.21 bits per heavy atom. The first-order chi connectivity index (χ1) is 15.8. The molecule has 9 nitrogen and oxygen atoms in total. The number of benzene rings is 2. The van der Waals surface area contributed by atoms with Gasteiger partial charge >= 0.3 is 5.97 Å². The highest BCUT2D eigenvalue weighted by molar-refractivity contribution is 6.09. The summed E-state index contributed by atoms with van der Waals surface area (Å²) < 4.78 is 24.5. The van der Waals surface area contributed by atoms with Gasteiger partial charge in [-0.25, -0.2) is 9.18 Å². The Hall–Kier alpha value is -4.78. The van der Waals surface area contributed by atoms with Gasteiger partial charge in [-0.2, -0.15) is 5.26 Å². The van der Waals surface area contributed by atoms with Gasteiger partial charge in [0.15, 0.2) is 0 Å². The molecule has 1 N–H and O–H groups in total. The molecule has 1 amide bonds. The second-order valence-corrected chi connectivity index (χ2v) is 6.55. The van der Waals surface area contributed by atoms with E-state index in [4.69, 9.17) is 9.15 Å². The molecule has 1 heterocycles. The Labute approximate surface area is 186 Å². The summed E-state index contributed by atoms with van der Waals surface area (Å²) >= 11 is 0. The number of esters is 1. The van der Waals surface area contributed by atoms with Crippen molar-refractivity contribution in [3.05, 3.63) is 87.4 Å². The predicted molar refractivity (Wildman–Crippen MR) is 115 cm³/mol. The number of nitro benzene ring substituents is 1. The average Bonchev–Trinajstić information content (AvgIpc) is 3.27. The highest BCUT2D eigenvalue weighted by Gasteiger charge is 2.17. The number of ether oxygens (including phenoxy) is 1. The number of carbonyl (C=O) groups is 2. The molecular formula is C23H16FN3O6. The van der Waals surface area contributed by atoms with Crippen molar-refractivity contribution >= 4 is 29.3 Å². The number of carbonyl (C=O) groups excluding carboxylic acids is 2. The van der Waals surface area contributed by atoms with Crippen LogP contribution in [0.25, 0.3) is 17.4 Å². The van der Waals surface area contributed by atoms with Crippen molar-refractivity contribution in [1.29, 1.82) is 5.26 Å². The third-order valence-electron chi connectivity index (χ3n) is 4.37. The predicted octanol–water partition coefficient (Wildman–Crippen LogP) is 4.72. The van der Waals surface area contributed by atoms with Crippen LogP contribution in [0.15, 0.2) is 64.6 Å². The maximum absolute atomic E-state index is 13.9. The van der Waals surface area contributed by atoms with Gasteiger partial charge in [-0.1, -0.05) is 12.1 Å². The quantitative estimate of drug-likeness (QED) is 0.181. The van der Waals surface area contributed by atoms with E-state index < -0.39 is 39.6 Å². The number of rotatable bonds is 7. The standard InChI is InChI=1S/C23H16FN3O6/c1-2-32-23(29)15-5-3-14(4-6-15)21-10-8-18(33-21)11-16(13-25)22(28)26-20-12-17(27(30)31)7-9-19(20)24/h3-12H,2H2,1H3,(H,26,28)/b16-11-. The molecule has 0 unspecified atom stereocenters. The molecule has 0 bridgehead atoms. The smallest absolute Gasteiger partial charge is 0.338 e. The number of amides is 1. The number of hydrogen-bond donors (Lipinski definition) is 1. The van der Waals surface area contributed by atoms with Crippen molar-refractivity contribution in [2.75, 3.05) is 11.9 Å². The lowest BCUT2D eigenvalue weighted by Crippen LogP contribution is -2.14. The number of nitro groups is 1. The van der Waals surface area contributed by atoms with Crippen molar-refractivity contribution in [3.8, 4) is 17.4 Å². The lowest BCUT2D eigenvalue weighted by Gasteiger charge is -2.05. The molecule has 0 atom stereocenters. The molecule has 3 rings (SSSR count). The number of furan rings is 1. The third-order valence-corrected chi connectivity index (χ3v) is 4.37. The SMILES string of the molecule is CCOC(=O)c1ccc(-c2ccc(/C=C(/C#N)C(=O)Nc3cc([N+](=O)[O-])ccc3F)o2)cc1. The first-order valence-electron chi connectivity index (χ1n) is 9.57. The number of halogens is 1. The molecule has 0 aliphatic heterocycles. The summed E-state index contributed by atoms with van der Waals surface area (Å²) in [5, 5.41) is 22.3. The van der Waals surface area contributed by atoms with Crippen LogP contribution in [0.5, 0.6) is 0 Å². The zero-order valence-electron chi connectivity index (χ0n) is 17.2. The molecule has 1 aromatic heterocycles. The fourth-order valence-corrected chi connectivity index (χ4v) is 2.77. The zero-order valence-corrected chi connectivity index (χ0v) is 17.2. The van der Waals surface area contributed by atoms with E-state index in [2.05, 4.69) is 5.32 Å². The number of non-ortho nitro benzene ring substituents is 1. The molecule has 0 aliphatic rings. The zero-order chi connectivity index (χ0) is 24.0. The maximum Gasteiger partial charge on any atom is 0.338 e. The number of anilines is 1. The van der Waals surface area contributed by atoms with E-state index in [-0.39, 0.29) is 12.4 Å². The van der Waals surface area contributed by atoms with E-state index in [1.165, 1.54) is 6.07 Å². The summed E-state index contributed by atoms with van der Waals surface area (Å²) in [5.74, 6) is -1.71. The van der Waals surface area contributed by atoms with E-state index in [0.717, 1.165) is 24.3 Å². The summed E-state index contributed by atoms with van der Waals surface area (Å²) in [4.78, 5) is 34.2. The largest absolute Gasteiger partial charge is 0.462 e. The molecule has 0 radical (unpaired) electrons. The molecule has 0 aliphatic carbocycles. The molecule has 33 heavy (non-hydrogen) atoms. The summed E-state index contributed by atoms with van der Waals surface area (Å²) in [5.41, 5.74) is -0.233. The van der Waals surface area contributed by atoms with Crippen molar-refractivity contribution < 1.29 is 28.1 Å². The monoisotopic (exact) mass is 449 g/mol. The van der Waals surface area contributed by atoms with E-state index in [9.17, 15) is 29.4 Å². The van der Waals surface area contributed by atoms with Crippen LogP contribution >= 0.6 is 0 Å². The van der Waals surface area contributed by atoms with Gasteiger partial charge in [0.1, 0.15) is 29.0 Å². The van der Waals surface area contributed by atoms with Crippen LogP contribution in [-0.4, -0.2) is 23.4 Å². The molecular weight excluding hydrogens is 433 g/mol. The fraction of sp³-hybridized carbons (Fsp3) is 0.0870. The van der Waals surface area contributed by atoms with Crippen molar-refractivity contribution in [2.24, 2.45) is 0 Å². The van der Waals surface area contributed by atoms with Gasteiger partial charge in [-0.05, 0) is 37.3 Å².